The van der Waals surface area contributed by atoms with Gasteiger partial charge in [-0.15, -0.1) is 0 Å². The Morgan fingerprint density at radius 2 is 1.57 bits per heavy atom. The summed E-state index contributed by atoms with van der Waals surface area (Å²) < 4.78 is 10.6. The van der Waals surface area contributed by atoms with E-state index < -0.39 is 0 Å². The molecule has 0 aliphatic rings. The van der Waals surface area contributed by atoms with Gasteiger partial charge < -0.3 is 14.8 Å². The maximum atomic E-state index is 13.1. The number of carbonyl (C=O) groups excluding carboxylic acids is 1. The van der Waals surface area contributed by atoms with Crippen LogP contribution in [0.2, 0.25) is 0 Å². The highest BCUT2D eigenvalue weighted by Crippen LogP contribution is 2.30. The predicted octanol–water partition coefficient (Wildman–Crippen LogP) is 6.00. The molecule has 0 saturated carbocycles. The van der Waals surface area contributed by atoms with Crippen molar-refractivity contribution in [2.24, 2.45) is 0 Å². The third-order valence-corrected chi connectivity index (χ3v) is 5.28. The van der Waals surface area contributed by atoms with Crippen molar-refractivity contribution in [2.45, 2.75) is 32.7 Å². The molecule has 0 aliphatic carbocycles. The van der Waals surface area contributed by atoms with E-state index in [4.69, 9.17) is 9.47 Å². The largest absolute Gasteiger partial charge is 0.493 e. The van der Waals surface area contributed by atoms with E-state index in [1.54, 1.807) is 32.4 Å². The van der Waals surface area contributed by atoms with Gasteiger partial charge in [-0.2, -0.15) is 0 Å². The molecule has 0 radical (unpaired) electrons. The minimum atomic E-state index is -0.140. The molecule has 4 nitrogen and oxygen atoms in total. The standard InChI is InChI=1S/C26H29NO3/c1-5-19-8-13-22(14-9-19)27-23(20-10-6-18(2)7-11-20)17-24(28)21-12-15-25(29-3)26(16-21)30-4/h6-16,23,27H,5,17H2,1-4H3. The van der Waals surface area contributed by atoms with E-state index in [0.29, 0.717) is 23.5 Å². The van der Waals surface area contributed by atoms with Gasteiger partial charge in [0.05, 0.1) is 20.3 Å². The molecule has 0 bridgehead atoms. The fourth-order valence-corrected chi connectivity index (χ4v) is 3.40. The molecule has 1 N–H and O–H groups in total. The van der Waals surface area contributed by atoms with Gasteiger partial charge in [-0.3, -0.25) is 4.79 Å². The molecule has 0 heterocycles. The molecule has 0 amide bonds. The number of benzene rings is 3. The second-order valence-electron chi connectivity index (χ2n) is 7.36. The van der Waals surface area contributed by atoms with Crippen molar-refractivity contribution in [1.29, 1.82) is 0 Å². The number of methoxy groups -OCH3 is 2. The topological polar surface area (TPSA) is 47.6 Å². The van der Waals surface area contributed by atoms with Gasteiger partial charge in [-0.25, -0.2) is 0 Å². The van der Waals surface area contributed by atoms with Gasteiger partial charge in [0.1, 0.15) is 0 Å². The average Bonchev–Trinajstić information content (AvgIpc) is 2.79. The minimum absolute atomic E-state index is 0.0409. The molecular formula is C26H29NO3. The second-order valence-corrected chi connectivity index (χ2v) is 7.36. The van der Waals surface area contributed by atoms with E-state index in [9.17, 15) is 4.79 Å². The summed E-state index contributed by atoms with van der Waals surface area (Å²) in [6.07, 6.45) is 1.33. The Morgan fingerprint density at radius 3 is 2.17 bits per heavy atom. The first-order chi connectivity index (χ1) is 14.5. The number of rotatable bonds is 9. The fourth-order valence-electron chi connectivity index (χ4n) is 3.40. The zero-order valence-electron chi connectivity index (χ0n) is 18.1. The van der Waals surface area contributed by atoms with Crippen molar-refractivity contribution in [2.75, 3.05) is 19.5 Å². The van der Waals surface area contributed by atoms with Crippen molar-refractivity contribution in [1.82, 2.24) is 0 Å². The monoisotopic (exact) mass is 403 g/mol. The molecule has 1 atom stereocenters. The van der Waals surface area contributed by atoms with Crippen LogP contribution >= 0.6 is 0 Å². The van der Waals surface area contributed by atoms with E-state index in [-0.39, 0.29) is 11.8 Å². The molecule has 0 spiro atoms. The third kappa shape index (κ3) is 5.20. The van der Waals surface area contributed by atoms with Gasteiger partial charge in [-0.05, 0) is 54.8 Å². The van der Waals surface area contributed by atoms with E-state index >= 15 is 0 Å². The highest BCUT2D eigenvalue weighted by atomic mass is 16.5. The Bertz CT molecular complexity index is 978. The summed E-state index contributed by atoms with van der Waals surface area (Å²) in [5.74, 6) is 1.20. The number of Topliss-reactive ketones (excluding diaryl/α,β-unsaturated/α-hetero) is 1. The Balaban J connectivity index is 1.85. The molecule has 4 heteroatoms. The summed E-state index contributed by atoms with van der Waals surface area (Å²) in [5, 5.41) is 3.54. The smallest absolute Gasteiger partial charge is 0.165 e. The van der Waals surface area contributed by atoms with Crippen LogP contribution in [0, 0.1) is 6.92 Å². The van der Waals surface area contributed by atoms with Crippen LogP contribution < -0.4 is 14.8 Å². The molecule has 0 saturated heterocycles. The molecule has 0 aliphatic heterocycles. The predicted molar refractivity (Wildman–Crippen MR) is 122 cm³/mol. The van der Waals surface area contributed by atoms with Gasteiger partial charge in [0.15, 0.2) is 17.3 Å². The Labute approximate surface area is 178 Å². The number of nitrogens with one attached hydrogen (secondary N) is 1. The number of hydrogen-bond donors (Lipinski definition) is 1. The fraction of sp³-hybridized carbons (Fsp3) is 0.269. The summed E-state index contributed by atoms with van der Waals surface area (Å²) in [5.41, 5.74) is 5.16. The van der Waals surface area contributed by atoms with Crippen molar-refractivity contribution in [3.05, 3.63) is 89.0 Å². The molecule has 156 valence electrons. The minimum Gasteiger partial charge on any atom is -0.493 e. The highest BCUT2D eigenvalue weighted by Gasteiger charge is 2.19. The van der Waals surface area contributed by atoms with Crippen molar-refractivity contribution in [3.63, 3.8) is 0 Å². The van der Waals surface area contributed by atoms with Crippen molar-refractivity contribution in [3.8, 4) is 11.5 Å². The maximum absolute atomic E-state index is 13.1. The summed E-state index contributed by atoms with van der Waals surface area (Å²) >= 11 is 0. The lowest BCUT2D eigenvalue weighted by Gasteiger charge is -2.21. The third-order valence-electron chi connectivity index (χ3n) is 5.28. The normalized spacial score (nSPS) is 11.6. The molecule has 3 aromatic carbocycles. The zero-order chi connectivity index (χ0) is 21.5. The number of ether oxygens (including phenoxy) is 2. The Hall–Kier alpha value is -3.27. The summed E-state index contributed by atoms with van der Waals surface area (Å²) in [6, 6.07) is 21.8. The van der Waals surface area contributed by atoms with Crippen LogP contribution in [-0.2, 0) is 6.42 Å². The maximum Gasteiger partial charge on any atom is 0.165 e. The van der Waals surface area contributed by atoms with Crippen LogP contribution in [0.25, 0.3) is 0 Å². The first-order valence-corrected chi connectivity index (χ1v) is 10.2. The molecular weight excluding hydrogens is 374 g/mol. The molecule has 0 aromatic heterocycles. The summed E-state index contributed by atoms with van der Waals surface area (Å²) in [6.45, 7) is 4.20. The van der Waals surface area contributed by atoms with Gasteiger partial charge in [-0.1, -0.05) is 48.9 Å². The van der Waals surface area contributed by atoms with Crippen LogP contribution in [0.3, 0.4) is 0 Å². The van der Waals surface area contributed by atoms with Crippen molar-refractivity contribution >= 4 is 11.5 Å². The van der Waals surface area contributed by atoms with Crippen molar-refractivity contribution < 1.29 is 14.3 Å². The quantitative estimate of drug-likeness (QED) is 0.445. The number of anilines is 1. The Morgan fingerprint density at radius 1 is 0.900 bits per heavy atom. The Kier molecular flexibility index (Phi) is 7.12. The number of hydrogen-bond acceptors (Lipinski definition) is 4. The lowest BCUT2D eigenvalue weighted by atomic mass is 9.96. The molecule has 3 aromatic rings. The van der Waals surface area contributed by atoms with Crippen LogP contribution in [0.4, 0.5) is 5.69 Å². The lowest BCUT2D eigenvalue weighted by molar-refractivity contribution is 0.0976. The number of ketones is 1. The van der Waals surface area contributed by atoms with Gasteiger partial charge in [0.25, 0.3) is 0 Å². The first-order valence-electron chi connectivity index (χ1n) is 10.2. The molecule has 30 heavy (non-hydrogen) atoms. The number of aryl methyl sites for hydroxylation is 2. The van der Waals surface area contributed by atoms with Gasteiger partial charge in [0, 0.05) is 17.7 Å². The van der Waals surface area contributed by atoms with E-state index in [1.807, 2.05) is 0 Å². The van der Waals surface area contributed by atoms with Crippen LogP contribution in [0.15, 0.2) is 66.7 Å². The first kappa shape index (κ1) is 21.4. The van der Waals surface area contributed by atoms with Crippen LogP contribution in [0.1, 0.15) is 46.4 Å². The summed E-state index contributed by atoms with van der Waals surface area (Å²) in [4.78, 5) is 13.1. The van der Waals surface area contributed by atoms with Gasteiger partial charge >= 0.3 is 0 Å². The van der Waals surface area contributed by atoms with E-state index in [0.717, 1.165) is 17.7 Å². The zero-order valence-corrected chi connectivity index (χ0v) is 18.1. The summed E-state index contributed by atoms with van der Waals surface area (Å²) in [7, 11) is 3.16. The van der Waals surface area contributed by atoms with Crippen LogP contribution in [-0.4, -0.2) is 20.0 Å². The van der Waals surface area contributed by atoms with Crippen LogP contribution in [0.5, 0.6) is 11.5 Å². The molecule has 1 unspecified atom stereocenters. The SMILES string of the molecule is CCc1ccc(NC(CC(=O)c2ccc(OC)c(OC)c2)c2ccc(C)cc2)cc1. The van der Waals surface area contributed by atoms with Gasteiger partial charge in [0.2, 0.25) is 0 Å². The van der Waals surface area contributed by atoms with E-state index in [1.165, 1.54) is 11.1 Å². The lowest BCUT2D eigenvalue weighted by Crippen LogP contribution is -2.16. The molecule has 3 rings (SSSR count). The number of carbonyl (C=O) groups is 1. The molecule has 0 fully saturated rings. The second kappa shape index (κ2) is 9.97. The average molecular weight is 404 g/mol. The highest BCUT2D eigenvalue weighted by molar-refractivity contribution is 5.97. The van der Waals surface area contributed by atoms with E-state index in [2.05, 4.69) is 67.7 Å².